The van der Waals surface area contributed by atoms with Crippen LogP contribution in [0.2, 0.25) is 0 Å². The van der Waals surface area contributed by atoms with Crippen LogP contribution in [-0.4, -0.2) is 46.8 Å². The first-order valence-electron chi connectivity index (χ1n) is 30.3. The van der Waals surface area contributed by atoms with Gasteiger partial charge in [0.05, 0.1) is 0 Å². The van der Waals surface area contributed by atoms with Crippen molar-refractivity contribution in [2.75, 3.05) is 19.6 Å². The van der Waals surface area contributed by atoms with Gasteiger partial charge in [0.1, 0.15) is 0 Å². The maximum absolute atomic E-state index is 2.75. The summed E-state index contributed by atoms with van der Waals surface area (Å²) in [6, 6.07) is 22.3. The number of hydrogen-bond donors (Lipinski definition) is 0. The van der Waals surface area contributed by atoms with Gasteiger partial charge in [-0.1, -0.05) is 52.0 Å². The average Bonchev–Trinajstić information content (AvgIpc) is 4.18. The highest BCUT2D eigenvalue weighted by Crippen LogP contribution is 2.63. The molecule has 0 radical (unpaired) electrons. The van der Waals surface area contributed by atoms with Gasteiger partial charge in [0, 0.05) is 69.6 Å². The molecule has 0 spiro atoms. The van der Waals surface area contributed by atoms with Crippen LogP contribution >= 0.6 is 0 Å². The summed E-state index contributed by atoms with van der Waals surface area (Å²) in [5, 5.41) is 0. The van der Waals surface area contributed by atoms with E-state index in [1.54, 1.807) is 0 Å². The van der Waals surface area contributed by atoms with E-state index >= 15 is 0 Å². The first-order valence-corrected chi connectivity index (χ1v) is 30.3. The lowest BCUT2D eigenvalue weighted by molar-refractivity contribution is 0.200. The standard InChI is InChI=1S/C19H29N.C18H27N.2C17H25N/c1-12-8-13(2)15(4)17(9-12)20-16(5)19(7)11-18(20,6)10-14(19)3;1-12-9-13(2)14(3)16(10-12)19-15(4)17(5)7-8-18(19,6)11-17;1-11-8-12(2)13(3)16(9-11)18-14(4)17(5)7-6-15(18)10-17;1-11-8-12(2)13(3)16(9-11)18-14(4)15-6-7-17(18,5)10-15/h8-9,14,16H,10-11H2,1-7H3;9-10,15H,7-8,11H2,1-6H3;2*8-9,14-15H,6-7,10H2,1-5H3. The highest BCUT2D eigenvalue weighted by Gasteiger charge is 2.62. The van der Waals surface area contributed by atoms with E-state index in [-0.39, 0.29) is 0 Å². The Balaban J connectivity index is 0.000000123. The molecule has 4 aliphatic carbocycles. The molecule has 8 fully saturated rings. The SMILES string of the molecule is Cc1cc(C)c(C)c(N2C(C)C3(C)CC2(C)CC3C)c1.Cc1cc(C)c(C)c(N2C(C)C3(C)CCC2(C)C3)c1.Cc1cc(C)c(C)c(N2C(C)C3CCC2(C)C3)c1.Cc1cc(C)c(C)c(N2C3CCC(C)(C3)C2C)c1. The van der Waals surface area contributed by atoms with E-state index in [9.17, 15) is 0 Å². The minimum Gasteiger partial charge on any atom is -0.365 e. The largest absolute Gasteiger partial charge is 0.365 e. The Morgan fingerprint density at radius 3 is 1.24 bits per heavy atom. The predicted octanol–water partition coefficient (Wildman–Crippen LogP) is 18.5. The van der Waals surface area contributed by atoms with Gasteiger partial charge in [0.2, 0.25) is 0 Å². The molecule has 13 atom stereocenters. The van der Waals surface area contributed by atoms with Crippen molar-refractivity contribution in [3.63, 3.8) is 0 Å². The summed E-state index contributed by atoms with van der Waals surface area (Å²) in [6.07, 6.45) is 15.1. The lowest BCUT2D eigenvalue weighted by atomic mass is 9.75. The zero-order valence-corrected chi connectivity index (χ0v) is 52.2. The molecule has 13 unspecified atom stereocenters. The molecule has 4 aromatic rings. The summed E-state index contributed by atoms with van der Waals surface area (Å²) < 4.78 is 0. The van der Waals surface area contributed by atoms with Crippen LogP contribution in [0.1, 0.15) is 214 Å². The van der Waals surface area contributed by atoms with Crippen molar-refractivity contribution in [3.05, 3.63) is 115 Å². The van der Waals surface area contributed by atoms with Crippen LogP contribution < -0.4 is 19.6 Å². The number of aryl methyl sites for hydroxylation is 8. The Morgan fingerprint density at radius 1 is 0.387 bits per heavy atom. The van der Waals surface area contributed by atoms with Crippen molar-refractivity contribution in [1.82, 2.24) is 0 Å². The summed E-state index contributed by atoms with van der Waals surface area (Å²) in [4.78, 5) is 10.9. The van der Waals surface area contributed by atoms with Gasteiger partial charge in [-0.15, -0.1) is 0 Å². The molecule has 8 bridgehead atoms. The molecule has 75 heavy (non-hydrogen) atoms. The predicted molar refractivity (Wildman–Crippen MR) is 327 cm³/mol. The van der Waals surface area contributed by atoms with Gasteiger partial charge >= 0.3 is 0 Å². The Morgan fingerprint density at radius 2 is 0.840 bits per heavy atom. The van der Waals surface area contributed by atoms with E-state index in [1.807, 2.05) is 0 Å². The molecule has 0 N–H and O–H groups in total. The molecule has 4 saturated heterocycles. The number of rotatable bonds is 4. The third-order valence-electron chi connectivity index (χ3n) is 23.7. The molecule has 4 nitrogen and oxygen atoms in total. The number of anilines is 4. The molecule has 4 aromatic carbocycles. The Hall–Kier alpha value is -3.92. The summed E-state index contributed by atoms with van der Waals surface area (Å²) in [7, 11) is 0. The fourth-order valence-electron chi connectivity index (χ4n) is 18.5. The number of piperidine rings is 4. The monoisotopic (exact) mass is 1010 g/mol. The molecule has 4 saturated carbocycles. The summed E-state index contributed by atoms with van der Waals surface area (Å²) in [5.74, 6) is 1.75. The number of benzene rings is 4. The third-order valence-corrected chi connectivity index (χ3v) is 23.7. The van der Waals surface area contributed by atoms with Gasteiger partial charge in [-0.05, 0) is 321 Å². The third kappa shape index (κ3) is 9.18. The van der Waals surface area contributed by atoms with Crippen LogP contribution in [0.5, 0.6) is 0 Å². The van der Waals surface area contributed by atoms with Gasteiger partial charge in [-0.2, -0.15) is 0 Å². The molecule has 12 rings (SSSR count). The zero-order chi connectivity index (χ0) is 55.0. The first-order chi connectivity index (χ1) is 34.8. The van der Waals surface area contributed by atoms with E-state index in [1.165, 1.54) is 160 Å². The molecule has 4 heteroatoms. The van der Waals surface area contributed by atoms with Gasteiger partial charge < -0.3 is 19.6 Å². The van der Waals surface area contributed by atoms with E-state index < -0.39 is 0 Å². The van der Waals surface area contributed by atoms with Crippen molar-refractivity contribution < 1.29 is 0 Å². The highest BCUT2D eigenvalue weighted by atomic mass is 15.3. The molecular weight excluding hydrogens is 909 g/mol. The molecule has 4 heterocycles. The van der Waals surface area contributed by atoms with Gasteiger partial charge in [0.15, 0.2) is 0 Å². The van der Waals surface area contributed by atoms with Crippen molar-refractivity contribution >= 4 is 22.7 Å². The van der Waals surface area contributed by atoms with E-state index in [4.69, 9.17) is 0 Å². The van der Waals surface area contributed by atoms with Crippen molar-refractivity contribution in [2.45, 2.75) is 277 Å². The summed E-state index contributed by atoms with van der Waals surface area (Å²) in [6.45, 7) is 54.1. The van der Waals surface area contributed by atoms with E-state index in [0.717, 1.165) is 17.9 Å². The highest BCUT2D eigenvalue weighted by molar-refractivity contribution is 5.65. The summed E-state index contributed by atoms with van der Waals surface area (Å²) >= 11 is 0. The van der Waals surface area contributed by atoms with Gasteiger partial charge in [0.25, 0.3) is 0 Å². The molecule has 0 aromatic heterocycles. The second-order valence-corrected chi connectivity index (χ2v) is 29.4. The Kier molecular flexibility index (Phi) is 14.3. The maximum Gasteiger partial charge on any atom is 0.0408 e. The number of hydrogen-bond acceptors (Lipinski definition) is 4. The number of fused-ring (bicyclic) bond motifs is 8. The maximum atomic E-state index is 2.75. The second kappa shape index (κ2) is 19.2. The zero-order valence-electron chi connectivity index (χ0n) is 52.2. The van der Waals surface area contributed by atoms with Crippen LogP contribution in [0.15, 0.2) is 48.5 Å². The van der Waals surface area contributed by atoms with Crippen molar-refractivity contribution in [1.29, 1.82) is 0 Å². The van der Waals surface area contributed by atoms with Crippen LogP contribution in [0.3, 0.4) is 0 Å². The van der Waals surface area contributed by atoms with E-state index in [0.29, 0.717) is 57.0 Å². The van der Waals surface area contributed by atoms with Crippen LogP contribution in [-0.2, 0) is 0 Å². The smallest absolute Gasteiger partial charge is 0.0408 e. The van der Waals surface area contributed by atoms with Crippen molar-refractivity contribution in [3.8, 4) is 0 Å². The quantitative estimate of drug-likeness (QED) is 0.202. The van der Waals surface area contributed by atoms with Crippen molar-refractivity contribution in [2.24, 2.45) is 28.1 Å². The molecular formula is C71H106N4. The summed E-state index contributed by atoms with van der Waals surface area (Å²) in [5.41, 5.74) is 25.8. The second-order valence-electron chi connectivity index (χ2n) is 29.4. The van der Waals surface area contributed by atoms with Gasteiger partial charge in [-0.25, -0.2) is 0 Å². The number of nitrogens with zero attached hydrogens (tertiary/aromatic N) is 4. The van der Waals surface area contributed by atoms with Crippen LogP contribution in [0, 0.1) is 111 Å². The minimum absolute atomic E-state index is 0.346. The average molecular weight is 1020 g/mol. The Bertz CT molecular complexity index is 2840. The Labute approximate surface area is 460 Å². The fraction of sp³-hybridized carbons (Fsp3) is 0.662. The minimum atomic E-state index is 0.346. The molecule has 0 amide bonds. The molecule has 8 aliphatic rings. The fourth-order valence-corrected chi connectivity index (χ4v) is 18.5. The lowest BCUT2D eigenvalue weighted by Gasteiger charge is -2.47. The topological polar surface area (TPSA) is 13.0 Å². The molecule has 4 aliphatic heterocycles. The normalized spacial score (nSPS) is 36.5. The van der Waals surface area contributed by atoms with Gasteiger partial charge in [-0.3, -0.25) is 0 Å². The molecule has 410 valence electrons. The first kappa shape index (κ1) is 55.8. The van der Waals surface area contributed by atoms with Crippen LogP contribution in [0.4, 0.5) is 22.7 Å². The van der Waals surface area contributed by atoms with E-state index in [2.05, 4.69) is 227 Å². The lowest BCUT2D eigenvalue weighted by Crippen LogP contribution is -2.51. The van der Waals surface area contributed by atoms with Crippen LogP contribution in [0.25, 0.3) is 0 Å².